The van der Waals surface area contributed by atoms with Crippen molar-refractivity contribution in [1.82, 2.24) is 0 Å². The van der Waals surface area contributed by atoms with Crippen molar-refractivity contribution in [1.29, 1.82) is 5.26 Å². The van der Waals surface area contributed by atoms with Gasteiger partial charge < -0.3 is 10.1 Å². The lowest BCUT2D eigenvalue weighted by molar-refractivity contribution is 0.413. The van der Waals surface area contributed by atoms with Crippen LogP contribution in [0.1, 0.15) is 9.75 Å². The fraction of sp³-hybridized carbons (Fsp3) is 0.154. The number of hydrogen-bond donors (Lipinski definition) is 1. The summed E-state index contributed by atoms with van der Waals surface area (Å²) >= 11 is 1.43. The predicted octanol–water partition coefficient (Wildman–Crippen LogP) is 3.38. The van der Waals surface area contributed by atoms with Crippen LogP contribution >= 0.6 is 11.3 Å². The van der Waals surface area contributed by atoms with Crippen molar-refractivity contribution < 1.29 is 9.13 Å². The number of nitrogens with one attached hydrogen (secondary N) is 1. The van der Waals surface area contributed by atoms with Crippen molar-refractivity contribution >= 4 is 17.0 Å². The van der Waals surface area contributed by atoms with Gasteiger partial charge in [-0.2, -0.15) is 5.26 Å². The summed E-state index contributed by atoms with van der Waals surface area (Å²) < 4.78 is 18.1. The van der Waals surface area contributed by atoms with E-state index in [1.165, 1.54) is 30.6 Å². The van der Waals surface area contributed by atoms with Gasteiger partial charge in [-0.3, -0.25) is 0 Å². The average molecular weight is 262 g/mol. The molecular weight excluding hydrogens is 251 g/mol. The van der Waals surface area contributed by atoms with Crippen molar-refractivity contribution in [2.45, 2.75) is 6.54 Å². The fourth-order valence-electron chi connectivity index (χ4n) is 1.53. The molecule has 2 aromatic rings. The van der Waals surface area contributed by atoms with Gasteiger partial charge in [0.15, 0.2) is 0 Å². The van der Waals surface area contributed by atoms with Gasteiger partial charge in [-0.25, -0.2) is 4.39 Å². The molecule has 1 aromatic heterocycles. The van der Waals surface area contributed by atoms with Crippen molar-refractivity contribution in [2.75, 3.05) is 12.4 Å². The Morgan fingerprint density at radius 3 is 2.89 bits per heavy atom. The summed E-state index contributed by atoms with van der Waals surface area (Å²) in [6.45, 7) is 0.578. The highest BCUT2D eigenvalue weighted by Crippen LogP contribution is 2.26. The Morgan fingerprint density at radius 1 is 1.39 bits per heavy atom. The van der Waals surface area contributed by atoms with E-state index in [1.54, 1.807) is 12.1 Å². The molecule has 0 unspecified atom stereocenters. The van der Waals surface area contributed by atoms with E-state index in [1.807, 2.05) is 6.07 Å². The van der Waals surface area contributed by atoms with Gasteiger partial charge in [0, 0.05) is 17.5 Å². The average Bonchev–Trinajstić information content (AvgIpc) is 2.85. The first-order valence-corrected chi connectivity index (χ1v) is 6.11. The molecule has 1 heterocycles. The summed E-state index contributed by atoms with van der Waals surface area (Å²) in [5.41, 5.74) is 0.728. The number of anilines is 1. The lowest BCUT2D eigenvalue weighted by atomic mass is 10.2. The number of nitriles is 1. The van der Waals surface area contributed by atoms with Gasteiger partial charge in [0.1, 0.15) is 22.5 Å². The van der Waals surface area contributed by atoms with Crippen LogP contribution in [0.5, 0.6) is 5.75 Å². The number of rotatable bonds is 4. The van der Waals surface area contributed by atoms with E-state index < -0.39 is 0 Å². The molecule has 1 aromatic carbocycles. The van der Waals surface area contributed by atoms with Crippen LogP contribution in [0.4, 0.5) is 10.1 Å². The second kappa shape index (κ2) is 5.52. The summed E-state index contributed by atoms with van der Waals surface area (Å²) in [5.74, 6) is 0.132. The molecule has 3 nitrogen and oxygen atoms in total. The van der Waals surface area contributed by atoms with Gasteiger partial charge in [0.25, 0.3) is 0 Å². The second-order valence-corrected chi connectivity index (χ2v) is 4.74. The molecule has 0 aliphatic carbocycles. The van der Waals surface area contributed by atoms with Crippen LogP contribution < -0.4 is 10.1 Å². The van der Waals surface area contributed by atoms with E-state index in [4.69, 9.17) is 10.00 Å². The van der Waals surface area contributed by atoms with Crippen molar-refractivity contribution in [2.24, 2.45) is 0 Å². The summed E-state index contributed by atoms with van der Waals surface area (Å²) in [6.07, 6.45) is 0. The summed E-state index contributed by atoms with van der Waals surface area (Å²) in [4.78, 5) is 1.72. The van der Waals surface area contributed by atoms with E-state index in [-0.39, 0.29) is 5.82 Å². The van der Waals surface area contributed by atoms with Gasteiger partial charge in [0.05, 0.1) is 12.8 Å². The quantitative estimate of drug-likeness (QED) is 0.918. The minimum absolute atomic E-state index is 0.333. The monoisotopic (exact) mass is 262 g/mol. The van der Waals surface area contributed by atoms with E-state index in [0.717, 1.165) is 10.6 Å². The van der Waals surface area contributed by atoms with E-state index >= 15 is 0 Å². The summed E-state index contributed by atoms with van der Waals surface area (Å²) in [5, 5.41) is 11.9. The highest BCUT2D eigenvalue weighted by atomic mass is 32.1. The van der Waals surface area contributed by atoms with Crippen LogP contribution in [0.25, 0.3) is 0 Å². The van der Waals surface area contributed by atoms with Gasteiger partial charge in [-0.05, 0) is 24.3 Å². The van der Waals surface area contributed by atoms with Crippen LogP contribution in [0, 0.1) is 17.1 Å². The van der Waals surface area contributed by atoms with E-state index in [2.05, 4.69) is 11.4 Å². The molecule has 0 radical (unpaired) electrons. The minimum Gasteiger partial charge on any atom is -0.494 e. The summed E-state index contributed by atoms with van der Waals surface area (Å²) in [7, 11) is 1.50. The molecule has 0 fully saturated rings. The van der Waals surface area contributed by atoms with E-state index in [9.17, 15) is 4.39 Å². The molecule has 2 rings (SSSR count). The van der Waals surface area contributed by atoms with Gasteiger partial charge >= 0.3 is 0 Å². The maximum absolute atomic E-state index is 13.0. The molecule has 0 saturated carbocycles. The smallest absolute Gasteiger partial charge is 0.144 e. The van der Waals surface area contributed by atoms with Crippen molar-refractivity contribution in [3.63, 3.8) is 0 Å². The number of thiophene rings is 1. The normalized spacial score (nSPS) is 9.83. The molecule has 0 saturated heterocycles. The third-order valence-corrected chi connectivity index (χ3v) is 3.38. The SMILES string of the molecule is COc1cc(F)ccc1NCc1ccc(C#N)s1. The zero-order valence-electron chi connectivity index (χ0n) is 9.74. The Labute approximate surface area is 108 Å². The standard InChI is InChI=1S/C13H11FN2OS/c1-17-13-6-9(14)2-5-12(13)16-8-11-4-3-10(7-15)18-11/h2-6,16H,8H2,1H3. The molecule has 92 valence electrons. The van der Waals surface area contributed by atoms with Crippen LogP contribution in [0.2, 0.25) is 0 Å². The molecule has 5 heteroatoms. The zero-order valence-corrected chi connectivity index (χ0v) is 10.6. The lowest BCUT2D eigenvalue weighted by Gasteiger charge is -2.10. The number of benzene rings is 1. The third-order valence-electron chi connectivity index (χ3n) is 2.39. The first kappa shape index (κ1) is 12.4. The second-order valence-electron chi connectivity index (χ2n) is 3.58. The molecule has 0 aliphatic heterocycles. The fourth-order valence-corrected chi connectivity index (χ4v) is 2.27. The maximum atomic E-state index is 13.0. The Balaban J connectivity index is 2.08. The molecule has 1 N–H and O–H groups in total. The molecule has 0 aliphatic rings. The van der Waals surface area contributed by atoms with Crippen molar-refractivity contribution in [3.05, 3.63) is 45.9 Å². The first-order valence-electron chi connectivity index (χ1n) is 5.29. The molecule has 0 bridgehead atoms. The molecule has 18 heavy (non-hydrogen) atoms. The maximum Gasteiger partial charge on any atom is 0.144 e. The van der Waals surface area contributed by atoms with E-state index in [0.29, 0.717) is 17.2 Å². The number of methoxy groups -OCH3 is 1. The molecular formula is C13H11FN2OS. The van der Waals surface area contributed by atoms with Crippen LogP contribution in [0.15, 0.2) is 30.3 Å². The predicted molar refractivity (Wildman–Crippen MR) is 69.3 cm³/mol. The molecule has 0 spiro atoms. The van der Waals surface area contributed by atoms with Crippen LogP contribution in [0.3, 0.4) is 0 Å². The molecule has 0 amide bonds. The van der Waals surface area contributed by atoms with Crippen molar-refractivity contribution in [3.8, 4) is 11.8 Å². The highest BCUT2D eigenvalue weighted by Gasteiger charge is 2.05. The summed E-state index contributed by atoms with van der Waals surface area (Å²) in [6, 6.07) is 10.1. The number of ether oxygens (including phenoxy) is 1. The van der Waals surface area contributed by atoms with Gasteiger partial charge in [-0.15, -0.1) is 11.3 Å². The Kier molecular flexibility index (Phi) is 3.80. The number of nitrogens with zero attached hydrogens (tertiary/aromatic N) is 1. The largest absolute Gasteiger partial charge is 0.494 e. The van der Waals surface area contributed by atoms with Gasteiger partial charge in [-0.1, -0.05) is 0 Å². The number of halogens is 1. The van der Waals surface area contributed by atoms with Crippen LogP contribution in [-0.4, -0.2) is 7.11 Å². The Bertz CT molecular complexity index is 589. The van der Waals surface area contributed by atoms with Gasteiger partial charge in [0.2, 0.25) is 0 Å². The minimum atomic E-state index is -0.333. The Morgan fingerprint density at radius 2 is 2.22 bits per heavy atom. The molecule has 0 atom stereocenters. The Hall–Kier alpha value is -2.06. The topological polar surface area (TPSA) is 45.0 Å². The highest BCUT2D eigenvalue weighted by molar-refractivity contribution is 7.12. The zero-order chi connectivity index (χ0) is 13.0. The van der Waals surface area contributed by atoms with Crippen LogP contribution in [-0.2, 0) is 6.54 Å². The number of hydrogen-bond acceptors (Lipinski definition) is 4. The lowest BCUT2D eigenvalue weighted by Crippen LogP contribution is -2.00. The third kappa shape index (κ3) is 2.79. The first-order chi connectivity index (χ1) is 8.72.